The van der Waals surface area contributed by atoms with Crippen LogP contribution in [-0.4, -0.2) is 21.7 Å². The molecule has 1 heterocycles. The van der Waals surface area contributed by atoms with E-state index in [1.807, 2.05) is 43.3 Å². The molecule has 0 fully saturated rings. The smallest absolute Gasteiger partial charge is 0.249 e. The fraction of sp³-hybridized carbons (Fsp3) is 0.167. The third-order valence-electron chi connectivity index (χ3n) is 2.17. The first-order valence-electron chi connectivity index (χ1n) is 5.54. The van der Waals surface area contributed by atoms with E-state index >= 15 is 0 Å². The fourth-order valence-corrected chi connectivity index (χ4v) is 1.40. The maximum absolute atomic E-state index is 8.87. The molecule has 0 aliphatic carbocycles. The summed E-state index contributed by atoms with van der Waals surface area (Å²) in [6.45, 7) is 2.59. The molecule has 0 aliphatic heterocycles. The Morgan fingerprint density at radius 1 is 1.22 bits per heavy atom. The average molecular weight is 240 g/mol. The Labute approximate surface area is 105 Å². The lowest BCUT2D eigenvalue weighted by Gasteiger charge is -2.07. The molecule has 0 saturated heterocycles. The van der Waals surface area contributed by atoms with Crippen LogP contribution in [0.25, 0.3) is 0 Å². The van der Waals surface area contributed by atoms with Crippen molar-refractivity contribution in [3.63, 3.8) is 0 Å². The first-order valence-corrected chi connectivity index (χ1v) is 5.54. The van der Waals surface area contributed by atoms with E-state index in [9.17, 15) is 0 Å². The minimum atomic E-state index is 0.190. The minimum absolute atomic E-state index is 0.190. The Kier molecular flexibility index (Phi) is 3.66. The van der Waals surface area contributed by atoms with E-state index in [1.165, 1.54) is 0 Å². The number of anilines is 3. The standard InChI is InChI=1S/C12H12N6/c1-2-14-11-10(8-13)17-18-12(16-11)15-9-6-4-3-5-7-9/h3-7H,2H2,1H3,(H2,14,15,16,18). The molecule has 18 heavy (non-hydrogen) atoms. The van der Waals surface area contributed by atoms with Gasteiger partial charge < -0.3 is 10.6 Å². The highest BCUT2D eigenvalue weighted by atomic mass is 15.3. The van der Waals surface area contributed by atoms with Crippen molar-refractivity contribution in [1.82, 2.24) is 15.2 Å². The minimum Gasteiger partial charge on any atom is -0.368 e. The van der Waals surface area contributed by atoms with E-state index in [-0.39, 0.29) is 5.69 Å². The summed E-state index contributed by atoms with van der Waals surface area (Å²) in [4.78, 5) is 4.21. The fourth-order valence-electron chi connectivity index (χ4n) is 1.40. The summed E-state index contributed by atoms with van der Waals surface area (Å²) < 4.78 is 0. The van der Waals surface area contributed by atoms with E-state index in [4.69, 9.17) is 5.26 Å². The second kappa shape index (κ2) is 5.59. The lowest BCUT2D eigenvalue weighted by molar-refractivity contribution is 0.953. The van der Waals surface area contributed by atoms with Gasteiger partial charge in [0.15, 0.2) is 5.82 Å². The monoisotopic (exact) mass is 240 g/mol. The predicted molar refractivity (Wildman–Crippen MR) is 68.4 cm³/mol. The summed E-state index contributed by atoms with van der Waals surface area (Å²) >= 11 is 0. The number of hydrogen-bond acceptors (Lipinski definition) is 6. The Balaban J connectivity index is 2.25. The van der Waals surface area contributed by atoms with Gasteiger partial charge in [0.05, 0.1) is 0 Å². The molecule has 90 valence electrons. The van der Waals surface area contributed by atoms with Crippen LogP contribution in [0.5, 0.6) is 0 Å². The normalized spacial score (nSPS) is 9.56. The molecule has 0 bridgehead atoms. The van der Waals surface area contributed by atoms with Crippen molar-refractivity contribution in [2.45, 2.75) is 6.92 Å². The summed E-state index contributed by atoms with van der Waals surface area (Å²) in [5, 5.41) is 22.5. The molecule has 6 heteroatoms. The molecule has 1 aromatic carbocycles. The maximum atomic E-state index is 8.87. The van der Waals surface area contributed by atoms with Gasteiger partial charge in [-0.1, -0.05) is 18.2 Å². The molecule has 0 aliphatic rings. The zero-order valence-corrected chi connectivity index (χ0v) is 9.88. The largest absolute Gasteiger partial charge is 0.368 e. The molecule has 0 saturated carbocycles. The van der Waals surface area contributed by atoms with Crippen LogP contribution in [0.2, 0.25) is 0 Å². The van der Waals surface area contributed by atoms with Gasteiger partial charge in [-0.2, -0.15) is 10.2 Å². The summed E-state index contributed by atoms with van der Waals surface area (Å²) in [6.07, 6.45) is 0. The molecule has 2 aromatic rings. The van der Waals surface area contributed by atoms with Gasteiger partial charge in [-0.25, -0.2) is 0 Å². The molecular formula is C12H12N6. The van der Waals surface area contributed by atoms with Crippen LogP contribution >= 0.6 is 0 Å². The third-order valence-corrected chi connectivity index (χ3v) is 2.17. The number of aromatic nitrogens is 3. The number of nitrogens with zero attached hydrogens (tertiary/aromatic N) is 4. The second-order valence-corrected chi connectivity index (χ2v) is 3.47. The van der Waals surface area contributed by atoms with Crippen LogP contribution in [0.1, 0.15) is 12.6 Å². The summed E-state index contributed by atoms with van der Waals surface area (Å²) in [5.74, 6) is 0.796. The van der Waals surface area contributed by atoms with E-state index in [2.05, 4.69) is 25.8 Å². The van der Waals surface area contributed by atoms with E-state index in [0.717, 1.165) is 5.69 Å². The van der Waals surface area contributed by atoms with Crippen molar-refractivity contribution >= 4 is 17.5 Å². The number of rotatable bonds is 4. The molecule has 1 aromatic heterocycles. The summed E-state index contributed by atoms with van der Waals surface area (Å²) in [7, 11) is 0. The van der Waals surface area contributed by atoms with Crippen molar-refractivity contribution in [2.75, 3.05) is 17.2 Å². The summed E-state index contributed by atoms with van der Waals surface area (Å²) in [6, 6.07) is 11.5. The highest BCUT2D eigenvalue weighted by Gasteiger charge is 2.07. The highest BCUT2D eigenvalue weighted by molar-refractivity contribution is 5.56. The van der Waals surface area contributed by atoms with Gasteiger partial charge in [-0.05, 0) is 19.1 Å². The van der Waals surface area contributed by atoms with Crippen LogP contribution in [0.15, 0.2) is 30.3 Å². The van der Waals surface area contributed by atoms with Crippen molar-refractivity contribution in [1.29, 1.82) is 5.26 Å². The topological polar surface area (TPSA) is 86.5 Å². The van der Waals surface area contributed by atoms with Crippen LogP contribution in [0, 0.1) is 11.3 Å². The Morgan fingerprint density at radius 2 is 2.00 bits per heavy atom. The zero-order valence-electron chi connectivity index (χ0n) is 9.88. The van der Waals surface area contributed by atoms with E-state index < -0.39 is 0 Å². The number of nitriles is 1. The number of nitrogens with one attached hydrogen (secondary N) is 2. The number of hydrogen-bond donors (Lipinski definition) is 2. The molecule has 6 nitrogen and oxygen atoms in total. The summed E-state index contributed by atoms with van der Waals surface area (Å²) in [5.41, 5.74) is 1.06. The first-order chi connectivity index (χ1) is 8.83. The lowest BCUT2D eigenvalue weighted by Crippen LogP contribution is -2.08. The highest BCUT2D eigenvalue weighted by Crippen LogP contribution is 2.14. The van der Waals surface area contributed by atoms with Crippen molar-refractivity contribution < 1.29 is 0 Å². The Morgan fingerprint density at radius 3 is 2.67 bits per heavy atom. The molecule has 0 spiro atoms. The van der Waals surface area contributed by atoms with Crippen molar-refractivity contribution in [3.8, 4) is 6.07 Å². The first kappa shape index (κ1) is 11.8. The molecule has 2 rings (SSSR count). The van der Waals surface area contributed by atoms with Gasteiger partial charge in [0.1, 0.15) is 6.07 Å². The van der Waals surface area contributed by atoms with Crippen molar-refractivity contribution in [2.24, 2.45) is 0 Å². The SMILES string of the molecule is CCNc1nc(Nc2ccccc2)nnc1C#N. The number of benzene rings is 1. The molecule has 0 amide bonds. The molecule has 0 radical (unpaired) electrons. The zero-order chi connectivity index (χ0) is 12.8. The Hall–Kier alpha value is -2.68. The van der Waals surface area contributed by atoms with Gasteiger partial charge in [-0.15, -0.1) is 10.2 Å². The van der Waals surface area contributed by atoms with Crippen LogP contribution in [0.3, 0.4) is 0 Å². The molecule has 0 unspecified atom stereocenters. The molecule has 2 N–H and O–H groups in total. The quantitative estimate of drug-likeness (QED) is 0.849. The lowest BCUT2D eigenvalue weighted by atomic mass is 10.3. The van der Waals surface area contributed by atoms with Gasteiger partial charge in [0.2, 0.25) is 11.6 Å². The van der Waals surface area contributed by atoms with Crippen LogP contribution < -0.4 is 10.6 Å². The molecular weight excluding hydrogens is 228 g/mol. The number of para-hydroxylation sites is 1. The van der Waals surface area contributed by atoms with Gasteiger partial charge in [0.25, 0.3) is 0 Å². The Bertz CT molecular complexity index is 561. The van der Waals surface area contributed by atoms with Crippen LogP contribution in [-0.2, 0) is 0 Å². The van der Waals surface area contributed by atoms with E-state index in [0.29, 0.717) is 18.3 Å². The van der Waals surface area contributed by atoms with Gasteiger partial charge >= 0.3 is 0 Å². The van der Waals surface area contributed by atoms with Crippen molar-refractivity contribution in [3.05, 3.63) is 36.0 Å². The molecule has 0 atom stereocenters. The van der Waals surface area contributed by atoms with Gasteiger partial charge in [0, 0.05) is 12.2 Å². The average Bonchev–Trinajstić information content (AvgIpc) is 2.41. The maximum Gasteiger partial charge on any atom is 0.249 e. The van der Waals surface area contributed by atoms with Gasteiger partial charge in [-0.3, -0.25) is 0 Å². The second-order valence-electron chi connectivity index (χ2n) is 3.47. The van der Waals surface area contributed by atoms with Crippen LogP contribution in [0.4, 0.5) is 17.5 Å². The third kappa shape index (κ3) is 2.71. The van der Waals surface area contributed by atoms with E-state index in [1.54, 1.807) is 0 Å². The predicted octanol–water partition coefficient (Wildman–Crippen LogP) is 1.92.